The van der Waals surface area contributed by atoms with Gasteiger partial charge in [0, 0.05) is 17.1 Å². The summed E-state index contributed by atoms with van der Waals surface area (Å²) in [5.74, 6) is 0. The Morgan fingerprint density at radius 2 is 2.00 bits per heavy atom. The van der Waals surface area contributed by atoms with Gasteiger partial charge in [0.25, 0.3) is 0 Å². The van der Waals surface area contributed by atoms with Crippen molar-refractivity contribution in [3.63, 3.8) is 0 Å². The molecule has 0 saturated carbocycles. The Morgan fingerprint density at radius 1 is 1.31 bits per heavy atom. The Labute approximate surface area is 106 Å². The van der Waals surface area contributed by atoms with Crippen LogP contribution in [0.25, 0.3) is 0 Å². The number of nitrogens with two attached hydrogens (primary N) is 1. The first-order valence-electron chi connectivity index (χ1n) is 5.70. The molecule has 0 spiro atoms. The molecule has 1 rings (SSSR count). The molecule has 0 amide bonds. The highest BCUT2D eigenvalue weighted by Gasteiger charge is 2.07. The summed E-state index contributed by atoms with van der Waals surface area (Å²) in [6.07, 6.45) is 2.08. The van der Waals surface area contributed by atoms with Crippen molar-refractivity contribution < 1.29 is 4.74 Å². The van der Waals surface area contributed by atoms with E-state index in [0.717, 1.165) is 23.9 Å². The van der Waals surface area contributed by atoms with E-state index in [1.54, 1.807) is 0 Å². The van der Waals surface area contributed by atoms with E-state index in [4.69, 9.17) is 10.5 Å². The molecule has 0 aromatic heterocycles. The van der Waals surface area contributed by atoms with E-state index in [2.05, 4.69) is 22.0 Å². The molecule has 1 aromatic rings. The fraction of sp³-hybridized carbons (Fsp3) is 0.538. The van der Waals surface area contributed by atoms with Crippen LogP contribution in [0.2, 0.25) is 0 Å². The highest BCUT2D eigenvalue weighted by Crippen LogP contribution is 2.17. The van der Waals surface area contributed by atoms with Crippen molar-refractivity contribution in [2.24, 2.45) is 5.73 Å². The van der Waals surface area contributed by atoms with Crippen molar-refractivity contribution in [2.45, 2.75) is 38.8 Å². The third kappa shape index (κ3) is 5.10. The maximum atomic E-state index is 6.06. The van der Waals surface area contributed by atoms with Gasteiger partial charge in [0.05, 0.1) is 6.10 Å². The molecule has 0 heterocycles. The quantitative estimate of drug-likeness (QED) is 0.872. The first kappa shape index (κ1) is 13.7. The molecule has 1 aromatic carbocycles. The number of benzene rings is 1. The molecule has 1 unspecified atom stereocenters. The van der Waals surface area contributed by atoms with Gasteiger partial charge >= 0.3 is 0 Å². The largest absolute Gasteiger partial charge is 0.379 e. The van der Waals surface area contributed by atoms with Crippen LogP contribution in [0.4, 0.5) is 0 Å². The van der Waals surface area contributed by atoms with Crippen LogP contribution in [-0.2, 0) is 11.2 Å². The Bertz CT molecular complexity index is 315. The van der Waals surface area contributed by atoms with Gasteiger partial charge in [-0.2, -0.15) is 0 Å². The lowest BCUT2D eigenvalue weighted by Gasteiger charge is -2.14. The standard InChI is InChI=1S/C13H20BrNO/c1-10(2)16-8-7-12(15)9-11-5-3-4-6-13(11)14/h3-6,10,12H,7-9,15H2,1-2H3. The highest BCUT2D eigenvalue weighted by atomic mass is 79.9. The summed E-state index contributed by atoms with van der Waals surface area (Å²) >= 11 is 3.53. The minimum absolute atomic E-state index is 0.164. The van der Waals surface area contributed by atoms with Gasteiger partial charge in [0.15, 0.2) is 0 Å². The van der Waals surface area contributed by atoms with Crippen LogP contribution in [0, 0.1) is 0 Å². The fourth-order valence-electron chi connectivity index (χ4n) is 1.50. The Hall–Kier alpha value is -0.380. The van der Waals surface area contributed by atoms with E-state index >= 15 is 0 Å². The van der Waals surface area contributed by atoms with E-state index < -0.39 is 0 Å². The van der Waals surface area contributed by atoms with Gasteiger partial charge in [-0.25, -0.2) is 0 Å². The van der Waals surface area contributed by atoms with Crippen LogP contribution >= 0.6 is 15.9 Å². The molecule has 0 aliphatic heterocycles. The second kappa shape index (κ2) is 7.05. The molecule has 90 valence electrons. The van der Waals surface area contributed by atoms with Crippen molar-refractivity contribution in [1.82, 2.24) is 0 Å². The summed E-state index contributed by atoms with van der Waals surface area (Å²) in [6.45, 7) is 4.82. The molecular formula is C13H20BrNO. The topological polar surface area (TPSA) is 35.2 Å². The Balaban J connectivity index is 2.34. The molecule has 0 bridgehead atoms. The zero-order chi connectivity index (χ0) is 12.0. The fourth-order valence-corrected chi connectivity index (χ4v) is 1.95. The molecule has 2 nitrogen and oxygen atoms in total. The zero-order valence-corrected chi connectivity index (χ0v) is 11.5. The summed E-state index contributed by atoms with van der Waals surface area (Å²) in [4.78, 5) is 0. The zero-order valence-electron chi connectivity index (χ0n) is 9.95. The lowest BCUT2D eigenvalue weighted by atomic mass is 10.0. The normalized spacial score (nSPS) is 13.1. The van der Waals surface area contributed by atoms with Crippen LogP contribution < -0.4 is 5.73 Å². The lowest BCUT2D eigenvalue weighted by Crippen LogP contribution is -2.25. The minimum Gasteiger partial charge on any atom is -0.379 e. The summed E-state index contributed by atoms with van der Waals surface area (Å²) in [7, 11) is 0. The minimum atomic E-state index is 0.164. The van der Waals surface area contributed by atoms with Gasteiger partial charge in [0.2, 0.25) is 0 Å². The second-order valence-corrected chi connectivity index (χ2v) is 5.12. The molecule has 0 saturated heterocycles. The van der Waals surface area contributed by atoms with Crippen molar-refractivity contribution in [3.8, 4) is 0 Å². The Kier molecular flexibility index (Phi) is 6.03. The van der Waals surface area contributed by atoms with Gasteiger partial charge in [-0.05, 0) is 38.3 Å². The van der Waals surface area contributed by atoms with Gasteiger partial charge in [0.1, 0.15) is 0 Å². The molecule has 0 radical (unpaired) electrons. The average molecular weight is 286 g/mol. The molecule has 3 heteroatoms. The monoisotopic (exact) mass is 285 g/mol. The SMILES string of the molecule is CC(C)OCCC(N)Cc1ccccc1Br. The van der Waals surface area contributed by atoms with E-state index in [9.17, 15) is 0 Å². The molecule has 2 N–H and O–H groups in total. The highest BCUT2D eigenvalue weighted by molar-refractivity contribution is 9.10. The molecule has 16 heavy (non-hydrogen) atoms. The van der Waals surface area contributed by atoms with Crippen molar-refractivity contribution >= 4 is 15.9 Å². The molecule has 0 aliphatic carbocycles. The molecule has 0 fully saturated rings. The molecule has 1 atom stereocenters. The van der Waals surface area contributed by atoms with E-state index in [0.29, 0.717) is 0 Å². The molecule has 0 aliphatic rings. The Morgan fingerprint density at radius 3 is 2.62 bits per heavy atom. The number of hydrogen-bond donors (Lipinski definition) is 1. The van der Waals surface area contributed by atoms with Crippen molar-refractivity contribution in [3.05, 3.63) is 34.3 Å². The van der Waals surface area contributed by atoms with Crippen LogP contribution in [0.5, 0.6) is 0 Å². The first-order chi connectivity index (χ1) is 7.59. The van der Waals surface area contributed by atoms with Crippen LogP contribution in [0.1, 0.15) is 25.8 Å². The summed E-state index contributed by atoms with van der Waals surface area (Å²) in [6, 6.07) is 8.37. The number of rotatable bonds is 6. The number of halogens is 1. The maximum Gasteiger partial charge on any atom is 0.0518 e. The predicted molar refractivity (Wildman–Crippen MR) is 71.5 cm³/mol. The summed E-state index contributed by atoms with van der Waals surface area (Å²) in [5, 5.41) is 0. The van der Waals surface area contributed by atoms with E-state index in [-0.39, 0.29) is 12.1 Å². The van der Waals surface area contributed by atoms with E-state index in [1.807, 2.05) is 32.0 Å². The smallest absolute Gasteiger partial charge is 0.0518 e. The third-order valence-corrected chi connectivity index (χ3v) is 3.15. The first-order valence-corrected chi connectivity index (χ1v) is 6.49. The van der Waals surface area contributed by atoms with Crippen molar-refractivity contribution in [2.75, 3.05) is 6.61 Å². The van der Waals surface area contributed by atoms with Gasteiger partial charge in [-0.3, -0.25) is 0 Å². The predicted octanol–water partition coefficient (Wildman–Crippen LogP) is 3.13. The van der Waals surface area contributed by atoms with Crippen LogP contribution in [0.15, 0.2) is 28.7 Å². The molecular weight excluding hydrogens is 266 g/mol. The summed E-state index contributed by atoms with van der Waals surface area (Å²) < 4.78 is 6.62. The summed E-state index contributed by atoms with van der Waals surface area (Å²) in [5.41, 5.74) is 7.32. The van der Waals surface area contributed by atoms with Crippen LogP contribution in [0.3, 0.4) is 0 Å². The van der Waals surface area contributed by atoms with Gasteiger partial charge in [-0.1, -0.05) is 34.1 Å². The van der Waals surface area contributed by atoms with Crippen LogP contribution in [-0.4, -0.2) is 18.8 Å². The lowest BCUT2D eigenvalue weighted by molar-refractivity contribution is 0.0737. The number of ether oxygens (including phenoxy) is 1. The van der Waals surface area contributed by atoms with Gasteiger partial charge in [-0.15, -0.1) is 0 Å². The van der Waals surface area contributed by atoms with Gasteiger partial charge < -0.3 is 10.5 Å². The van der Waals surface area contributed by atoms with E-state index in [1.165, 1.54) is 5.56 Å². The van der Waals surface area contributed by atoms with Crippen molar-refractivity contribution in [1.29, 1.82) is 0 Å². The average Bonchev–Trinajstić information content (AvgIpc) is 2.21. The number of hydrogen-bond acceptors (Lipinski definition) is 2. The third-order valence-electron chi connectivity index (χ3n) is 2.38. The maximum absolute atomic E-state index is 6.06. The second-order valence-electron chi connectivity index (χ2n) is 4.26.